The molecule has 0 aromatic rings. The number of nitrogens with one attached hydrogen (secondary N) is 1. The van der Waals surface area contributed by atoms with E-state index in [9.17, 15) is 9.59 Å². The lowest BCUT2D eigenvalue weighted by atomic mass is 9.87. The highest BCUT2D eigenvalue weighted by Crippen LogP contribution is 2.40. The first-order valence-electron chi connectivity index (χ1n) is 6.74. The number of hydrogen-bond donors (Lipinski definition) is 1. The van der Waals surface area contributed by atoms with Crippen molar-refractivity contribution < 1.29 is 19.1 Å². The van der Waals surface area contributed by atoms with Crippen LogP contribution in [-0.4, -0.2) is 37.7 Å². The van der Waals surface area contributed by atoms with E-state index < -0.39 is 6.04 Å². The second kappa shape index (κ2) is 6.18. The van der Waals surface area contributed by atoms with Gasteiger partial charge in [0, 0.05) is 6.61 Å². The van der Waals surface area contributed by atoms with Crippen molar-refractivity contribution in [1.82, 2.24) is 5.32 Å². The molecule has 2 rings (SSSR count). The van der Waals surface area contributed by atoms with Crippen LogP contribution in [0.15, 0.2) is 0 Å². The van der Waals surface area contributed by atoms with Crippen LogP contribution in [0.2, 0.25) is 0 Å². The average Bonchev–Trinajstić information content (AvgIpc) is 3.20. The number of hydrogen-bond acceptors (Lipinski definition) is 4. The molecule has 0 unspecified atom stereocenters. The maximum Gasteiger partial charge on any atom is 0.328 e. The summed E-state index contributed by atoms with van der Waals surface area (Å²) in [6, 6.07) is -0.521. The number of amides is 1. The first-order chi connectivity index (χ1) is 8.76. The first-order valence-corrected chi connectivity index (χ1v) is 6.74. The van der Waals surface area contributed by atoms with E-state index in [1.807, 2.05) is 0 Å². The molecule has 0 spiro atoms. The van der Waals surface area contributed by atoms with Gasteiger partial charge < -0.3 is 14.8 Å². The molecule has 3 atom stereocenters. The van der Waals surface area contributed by atoms with E-state index in [0.29, 0.717) is 25.5 Å². The van der Waals surface area contributed by atoms with Gasteiger partial charge in [0.15, 0.2) is 0 Å². The molecule has 1 saturated heterocycles. The molecule has 0 radical (unpaired) electrons. The van der Waals surface area contributed by atoms with E-state index in [4.69, 9.17) is 9.47 Å². The van der Waals surface area contributed by atoms with Crippen LogP contribution in [0.1, 0.15) is 32.6 Å². The Morgan fingerprint density at radius 1 is 1.50 bits per heavy atom. The van der Waals surface area contributed by atoms with E-state index in [1.54, 1.807) is 6.92 Å². The van der Waals surface area contributed by atoms with E-state index in [1.165, 1.54) is 12.8 Å². The van der Waals surface area contributed by atoms with E-state index >= 15 is 0 Å². The summed E-state index contributed by atoms with van der Waals surface area (Å²) in [5.74, 6) is 0.464. The van der Waals surface area contributed by atoms with Gasteiger partial charge >= 0.3 is 5.97 Å². The van der Waals surface area contributed by atoms with Gasteiger partial charge in [0.05, 0.1) is 12.7 Å². The van der Waals surface area contributed by atoms with Crippen molar-refractivity contribution in [3.05, 3.63) is 0 Å². The van der Waals surface area contributed by atoms with Crippen molar-refractivity contribution in [3.8, 4) is 0 Å². The zero-order valence-corrected chi connectivity index (χ0v) is 10.8. The minimum Gasteiger partial charge on any atom is -0.464 e. The molecular weight excluding hydrogens is 234 g/mol. The van der Waals surface area contributed by atoms with Gasteiger partial charge in [-0.2, -0.15) is 0 Å². The fourth-order valence-electron chi connectivity index (χ4n) is 2.66. The maximum absolute atomic E-state index is 11.8. The Hall–Kier alpha value is -1.10. The second-order valence-corrected chi connectivity index (χ2v) is 5.05. The molecule has 0 aromatic carbocycles. The zero-order chi connectivity index (χ0) is 13.0. The molecule has 0 bridgehead atoms. The lowest BCUT2D eigenvalue weighted by molar-refractivity contribution is -0.150. The summed E-state index contributed by atoms with van der Waals surface area (Å²) >= 11 is 0. The van der Waals surface area contributed by atoms with Crippen molar-refractivity contribution >= 4 is 12.4 Å². The molecule has 1 N–H and O–H groups in total. The van der Waals surface area contributed by atoms with Crippen molar-refractivity contribution in [3.63, 3.8) is 0 Å². The topological polar surface area (TPSA) is 64.6 Å². The molecule has 1 saturated carbocycles. The third-order valence-corrected chi connectivity index (χ3v) is 3.76. The van der Waals surface area contributed by atoms with Crippen LogP contribution >= 0.6 is 0 Å². The van der Waals surface area contributed by atoms with Crippen LogP contribution in [0.4, 0.5) is 0 Å². The predicted molar refractivity (Wildman–Crippen MR) is 64.8 cm³/mol. The molecule has 5 nitrogen and oxygen atoms in total. The summed E-state index contributed by atoms with van der Waals surface area (Å²) in [7, 11) is 0. The van der Waals surface area contributed by atoms with Crippen LogP contribution in [-0.2, 0) is 19.1 Å². The lowest BCUT2D eigenvalue weighted by Gasteiger charge is -2.33. The van der Waals surface area contributed by atoms with Crippen LogP contribution in [0.5, 0.6) is 0 Å². The third kappa shape index (κ3) is 3.22. The fraction of sp³-hybridized carbons (Fsp3) is 0.846. The highest BCUT2D eigenvalue weighted by Gasteiger charge is 2.40. The predicted octanol–water partition coefficient (Wildman–Crippen LogP) is 0.869. The molecule has 1 amide bonds. The van der Waals surface area contributed by atoms with Gasteiger partial charge in [-0.3, -0.25) is 4.79 Å². The Morgan fingerprint density at radius 2 is 2.28 bits per heavy atom. The molecule has 1 aliphatic carbocycles. The van der Waals surface area contributed by atoms with Gasteiger partial charge in [-0.15, -0.1) is 0 Å². The fourth-order valence-corrected chi connectivity index (χ4v) is 2.66. The third-order valence-electron chi connectivity index (χ3n) is 3.76. The van der Waals surface area contributed by atoms with Crippen molar-refractivity contribution in [2.75, 3.05) is 13.2 Å². The molecule has 0 aromatic heterocycles. The Kier molecular flexibility index (Phi) is 4.58. The summed E-state index contributed by atoms with van der Waals surface area (Å²) in [4.78, 5) is 22.5. The summed E-state index contributed by atoms with van der Waals surface area (Å²) < 4.78 is 10.8. The zero-order valence-electron chi connectivity index (χ0n) is 10.8. The van der Waals surface area contributed by atoms with Crippen LogP contribution in [0.25, 0.3) is 0 Å². The van der Waals surface area contributed by atoms with Gasteiger partial charge in [0.2, 0.25) is 6.41 Å². The Morgan fingerprint density at radius 3 is 2.89 bits per heavy atom. The summed E-state index contributed by atoms with van der Waals surface area (Å²) in [5, 5.41) is 2.61. The Balaban J connectivity index is 1.95. The number of esters is 1. The SMILES string of the molecule is CCOC(=O)[C@H](NC=O)[C@@H]1CCO[C@@H](C2CC2)C1. The molecular formula is C13H21NO4. The summed E-state index contributed by atoms with van der Waals surface area (Å²) in [6.07, 6.45) is 4.94. The quantitative estimate of drug-likeness (QED) is 0.565. The molecule has 102 valence electrons. The maximum atomic E-state index is 11.8. The normalized spacial score (nSPS) is 29.4. The number of carbonyl (C=O) groups excluding carboxylic acids is 2. The smallest absolute Gasteiger partial charge is 0.328 e. The molecule has 2 aliphatic rings. The number of ether oxygens (including phenoxy) is 2. The molecule has 2 fully saturated rings. The molecule has 18 heavy (non-hydrogen) atoms. The lowest BCUT2D eigenvalue weighted by Crippen LogP contribution is -2.47. The Bertz CT molecular complexity index is 303. The van der Waals surface area contributed by atoms with Crippen molar-refractivity contribution in [1.29, 1.82) is 0 Å². The highest BCUT2D eigenvalue weighted by molar-refractivity contribution is 5.78. The number of rotatable bonds is 6. The monoisotopic (exact) mass is 255 g/mol. The number of carbonyl (C=O) groups is 2. The van der Waals surface area contributed by atoms with Crippen molar-refractivity contribution in [2.45, 2.75) is 44.8 Å². The average molecular weight is 255 g/mol. The summed E-state index contributed by atoms with van der Waals surface area (Å²) in [5.41, 5.74) is 0. The van der Waals surface area contributed by atoms with Gasteiger partial charge in [0.25, 0.3) is 0 Å². The molecule has 1 aliphatic heterocycles. The molecule has 5 heteroatoms. The first kappa shape index (κ1) is 13.3. The van der Waals surface area contributed by atoms with Gasteiger partial charge in [-0.05, 0) is 44.4 Å². The van der Waals surface area contributed by atoms with E-state index in [-0.39, 0.29) is 18.0 Å². The minimum atomic E-state index is -0.521. The van der Waals surface area contributed by atoms with Gasteiger partial charge in [0.1, 0.15) is 6.04 Å². The Labute approximate surface area is 107 Å². The van der Waals surface area contributed by atoms with Gasteiger partial charge in [-0.25, -0.2) is 4.79 Å². The largest absolute Gasteiger partial charge is 0.464 e. The van der Waals surface area contributed by atoms with Crippen LogP contribution in [0.3, 0.4) is 0 Å². The standard InChI is InChI=1S/C13H21NO4/c1-2-17-13(16)12(14-8-15)10-5-6-18-11(7-10)9-3-4-9/h8-12H,2-7H2,1H3,(H,14,15)/t10-,11-,12-/m1/s1. The summed E-state index contributed by atoms with van der Waals surface area (Å²) in [6.45, 7) is 2.78. The van der Waals surface area contributed by atoms with Crippen LogP contribution < -0.4 is 5.32 Å². The van der Waals surface area contributed by atoms with E-state index in [2.05, 4.69) is 5.32 Å². The van der Waals surface area contributed by atoms with Crippen LogP contribution in [0, 0.1) is 11.8 Å². The minimum absolute atomic E-state index is 0.133. The molecule has 1 heterocycles. The second-order valence-electron chi connectivity index (χ2n) is 5.05. The van der Waals surface area contributed by atoms with Crippen molar-refractivity contribution in [2.24, 2.45) is 11.8 Å². The highest BCUT2D eigenvalue weighted by atomic mass is 16.5. The van der Waals surface area contributed by atoms with Gasteiger partial charge in [-0.1, -0.05) is 0 Å². The van der Waals surface area contributed by atoms with E-state index in [0.717, 1.165) is 12.8 Å².